The second-order valence-corrected chi connectivity index (χ2v) is 9.39. The molecule has 0 aliphatic heterocycles. The molecule has 0 saturated carbocycles. The third-order valence-electron chi connectivity index (χ3n) is 5.36. The van der Waals surface area contributed by atoms with Gasteiger partial charge in [0.2, 0.25) is 15.9 Å². The number of hydrogen-bond acceptors (Lipinski definition) is 5. The van der Waals surface area contributed by atoms with Crippen LogP contribution in [0.1, 0.15) is 44.4 Å². The van der Waals surface area contributed by atoms with E-state index in [9.17, 15) is 13.2 Å². The van der Waals surface area contributed by atoms with Gasteiger partial charge in [-0.3, -0.25) is 4.79 Å². The van der Waals surface area contributed by atoms with Crippen molar-refractivity contribution in [2.45, 2.75) is 44.6 Å². The van der Waals surface area contributed by atoms with E-state index in [4.69, 9.17) is 0 Å². The first-order valence-corrected chi connectivity index (χ1v) is 12.1. The molecule has 32 heavy (non-hydrogen) atoms. The van der Waals surface area contributed by atoms with E-state index in [1.165, 1.54) is 10.6 Å². The lowest BCUT2D eigenvalue weighted by Gasteiger charge is -2.18. The highest BCUT2D eigenvalue weighted by Gasteiger charge is 2.21. The van der Waals surface area contributed by atoms with E-state index >= 15 is 0 Å². The Hall–Kier alpha value is -3.04. The number of nitrogens with zero attached hydrogens (tertiary/aromatic N) is 4. The number of nitrogens with one attached hydrogen (secondary N) is 1. The Balaban J connectivity index is 1.53. The summed E-state index contributed by atoms with van der Waals surface area (Å²) in [4.78, 5) is 16.6. The Morgan fingerprint density at radius 2 is 1.72 bits per heavy atom. The zero-order chi connectivity index (χ0) is 23.1. The minimum atomic E-state index is -3.47. The van der Waals surface area contributed by atoms with Gasteiger partial charge in [-0.25, -0.2) is 18.1 Å². The molecule has 0 aliphatic carbocycles. The fraction of sp³-hybridized carbons (Fsp3) is 0.348. The molecule has 8 nitrogen and oxygen atoms in total. The lowest BCUT2D eigenvalue weighted by atomic mass is 10.1. The first kappa shape index (κ1) is 23.6. The molecule has 9 heteroatoms. The molecule has 0 fully saturated rings. The molecule has 1 N–H and O–H groups in total. The Kier molecular flexibility index (Phi) is 7.76. The molecule has 1 amide bonds. The third kappa shape index (κ3) is 5.60. The molecule has 1 heterocycles. The maximum atomic E-state index is 12.6. The minimum Gasteiger partial charge on any atom is -0.350 e. The first-order chi connectivity index (χ1) is 15.3. The molecule has 2 aromatic carbocycles. The number of benzene rings is 2. The number of amides is 1. The number of aromatic nitrogens is 3. The minimum absolute atomic E-state index is 0.0577. The number of aryl methyl sites for hydroxylation is 1. The predicted molar refractivity (Wildman–Crippen MR) is 123 cm³/mol. The lowest BCUT2D eigenvalue weighted by Crippen LogP contribution is -2.30. The Morgan fingerprint density at radius 1 is 1.06 bits per heavy atom. The van der Waals surface area contributed by atoms with Gasteiger partial charge in [0, 0.05) is 19.5 Å². The summed E-state index contributed by atoms with van der Waals surface area (Å²) in [5, 5.41) is 7.11. The molecule has 0 spiro atoms. The van der Waals surface area contributed by atoms with Gasteiger partial charge in [-0.2, -0.15) is 9.40 Å². The van der Waals surface area contributed by atoms with Crippen LogP contribution in [-0.4, -0.2) is 46.5 Å². The molecular formula is C23H29N5O3S. The predicted octanol–water partition coefficient (Wildman–Crippen LogP) is 3.11. The van der Waals surface area contributed by atoms with E-state index in [2.05, 4.69) is 15.4 Å². The number of sulfonamides is 1. The van der Waals surface area contributed by atoms with Crippen molar-refractivity contribution in [3.05, 3.63) is 72.3 Å². The van der Waals surface area contributed by atoms with Crippen LogP contribution in [0.25, 0.3) is 5.69 Å². The highest BCUT2D eigenvalue weighted by Crippen LogP contribution is 2.18. The fourth-order valence-electron chi connectivity index (χ4n) is 3.45. The van der Waals surface area contributed by atoms with Gasteiger partial charge >= 0.3 is 0 Å². The SMILES string of the molecule is CCN(CC)S(=O)(=O)c1ccc(CCC(=O)NC(C)c2ccc(-n3cncn3)cc2)cc1. The van der Waals surface area contributed by atoms with Crippen LogP contribution in [0.3, 0.4) is 0 Å². The van der Waals surface area contributed by atoms with Gasteiger partial charge in [0.15, 0.2) is 0 Å². The second-order valence-electron chi connectivity index (χ2n) is 7.45. The smallest absolute Gasteiger partial charge is 0.243 e. The molecule has 0 aliphatic rings. The Bertz CT molecular complexity index is 1110. The van der Waals surface area contributed by atoms with Gasteiger partial charge < -0.3 is 5.32 Å². The number of rotatable bonds is 10. The van der Waals surface area contributed by atoms with E-state index in [1.54, 1.807) is 35.3 Å². The van der Waals surface area contributed by atoms with Crippen LogP contribution in [-0.2, 0) is 21.2 Å². The topological polar surface area (TPSA) is 97.2 Å². The van der Waals surface area contributed by atoms with E-state index in [0.29, 0.717) is 25.9 Å². The Labute approximate surface area is 189 Å². The molecule has 170 valence electrons. The largest absolute Gasteiger partial charge is 0.350 e. The molecule has 0 saturated heterocycles. The van der Waals surface area contributed by atoms with Gasteiger partial charge in [-0.1, -0.05) is 38.1 Å². The molecule has 1 aromatic heterocycles. The van der Waals surface area contributed by atoms with Crippen molar-refractivity contribution in [2.75, 3.05) is 13.1 Å². The van der Waals surface area contributed by atoms with Crippen molar-refractivity contribution < 1.29 is 13.2 Å². The average molecular weight is 456 g/mol. The Morgan fingerprint density at radius 3 is 2.28 bits per heavy atom. The van der Waals surface area contributed by atoms with E-state index in [0.717, 1.165) is 16.8 Å². The fourth-order valence-corrected chi connectivity index (χ4v) is 4.91. The molecule has 3 aromatic rings. The molecule has 1 atom stereocenters. The number of carbonyl (C=O) groups is 1. The zero-order valence-corrected chi connectivity index (χ0v) is 19.4. The second kappa shape index (κ2) is 10.5. The van der Waals surface area contributed by atoms with Gasteiger partial charge in [-0.15, -0.1) is 0 Å². The third-order valence-corrected chi connectivity index (χ3v) is 7.43. The van der Waals surface area contributed by atoms with Crippen LogP contribution in [0.4, 0.5) is 0 Å². The monoisotopic (exact) mass is 455 g/mol. The van der Waals surface area contributed by atoms with Crippen molar-refractivity contribution >= 4 is 15.9 Å². The van der Waals surface area contributed by atoms with Gasteiger partial charge in [-0.05, 0) is 48.7 Å². The van der Waals surface area contributed by atoms with Crippen LogP contribution < -0.4 is 5.32 Å². The normalized spacial score (nSPS) is 12.6. The van der Waals surface area contributed by atoms with E-state index in [-0.39, 0.29) is 16.8 Å². The van der Waals surface area contributed by atoms with E-state index < -0.39 is 10.0 Å². The summed E-state index contributed by atoms with van der Waals surface area (Å²) in [6.07, 6.45) is 3.97. The molecule has 0 radical (unpaired) electrons. The summed E-state index contributed by atoms with van der Waals surface area (Å²) in [5.74, 6) is -0.0577. The van der Waals surface area contributed by atoms with Crippen molar-refractivity contribution in [3.63, 3.8) is 0 Å². The van der Waals surface area contributed by atoms with Crippen LogP contribution in [0.15, 0.2) is 66.1 Å². The zero-order valence-electron chi connectivity index (χ0n) is 18.6. The quantitative estimate of drug-likeness (QED) is 0.507. The molecular weight excluding hydrogens is 426 g/mol. The van der Waals surface area contributed by atoms with Crippen molar-refractivity contribution in [1.29, 1.82) is 0 Å². The summed E-state index contributed by atoms with van der Waals surface area (Å²) >= 11 is 0. The molecule has 0 bridgehead atoms. The van der Waals surface area contributed by atoms with Gasteiger partial charge in [0.05, 0.1) is 16.6 Å². The maximum absolute atomic E-state index is 12.6. The van der Waals surface area contributed by atoms with Crippen LogP contribution >= 0.6 is 0 Å². The standard InChI is InChI=1S/C23H29N5O3S/c1-4-27(5-2)32(30,31)22-13-6-19(7-14-22)8-15-23(29)26-18(3)20-9-11-21(12-10-20)28-17-24-16-25-28/h6-7,9-14,16-18H,4-5,8,15H2,1-3H3,(H,26,29). The molecule has 3 rings (SSSR count). The number of hydrogen-bond donors (Lipinski definition) is 1. The highest BCUT2D eigenvalue weighted by molar-refractivity contribution is 7.89. The van der Waals surface area contributed by atoms with Crippen LogP contribution in [0.5, 0.6) is 0 Å². The van der Waals surface area contributed by atoms with Gasteiger partial charge in [0.25, 0.3) is 0 Å². The summed E-state index contributed by atoms with van der Waals surface area (Å²) in [6, 6.07) is 14.4. The highest BCUT2D eigenvalue weighted by atomic mass is 32.2. The summed E-state index contributed by atoms with van der Waals surface area (Å²) in [5.41, 5.74) is 2.81. The van der Waals surface area contributed by atoms with Crippen molar-refractivity contribution in [3.8, 4) is 5.69 Å². The van der Waals surface area contributed by atoms with Crippen LogP contribution in [0.2, 0.25) is 0 Å². The van der Waals surface area contributed by atoms with Crippen LogP contribution in [0, 0.1) is 0 Å². The first-order valence-electron chi connectivity index (χ1n) is 10.7. The van der Waals surface area contributed by atoms with Gasteiger partial charge in [0.1, 0.15) is 12.7 Å². The maximum Gasteiger partial charge on any atom is 0.243 e. The van der Waals surface area contributed by atoms with Crippen molar-refractivity contribution in [2.24, 2.45) is 0 Å². The average Bonchev–Trinajstić information content (AvgIpc) is 3.34. The summed E-state index contributed by atoms with van der Waals surface area (Å²) in [7, 11) is -3.47. The number of carbonyl (C=O) groups excluding carboxylic acids is 1. The lowest BCUT2D eigenvalue weighted by molar-refractivity contribution is -0.121. The summed E-state index contributed by atoms with van der Waals surface area (Å²) < 4.78 is 28.2. The summed E-state index contributed by atoms with van der Waals surface area (Å²) in [6.45, 7) is 6.44. The van der Waals surface area contributed by atoms with Crippen molar-refractivity contribution in [1.82, 2.24) is 24.4 Å². The van der Waals surface area contributed by atoms with E-state index in [1.807, 2.05) is 45.0 Å². The molecule has 1 unspecified atom stereocenters.